The molecule has 0 fully saturated rings. The molecule has 1 heteroatoms. The van der Waals surface area contributed by atoms with Crippen LogP contribution in [0.1, 0.15) is 58.8 Å². The quantitative estimate of drug-likeness (QED) is 0.663. The van der Waals surface area contributed by atoms with Crippen LogP contribution in [0.25, 0.3) is 0 Å². The van der Waals surface area contributed by atoms with Crippen LogP contribution in [0.5, 0.6) is 0 Å². The molecule has 14 heavy (non-hydrogen) atoms. The predicted molar refractivity (Wildman–Crippen MR) is 60.2 cm³/mol. The van der Waals surface area contributed by atoms with Gasteiger partial charge in [0.2, 0.25) is 0 Å². The lowest BCUT2D eigenvalue weighted by molar-refractivity contribution is -0.114. The SMILES string of the molecule is CC(C)CCCC1=CC(=O)CCCC1. The lowest BCUT2D eigenvalue weighted by Gasteiger charge is -2.06. The molecule has 0 aliphatic heterocycles. The van der Waals surface area contributed by atoms with Crippen molar-refractivity contribution >= 4 is 5.78 Å². The first-order valence-electron chi connectivity index (χ1n) is 5.91. The molecule has 0 radical (unpaired) electrons. The first-order valence-corrected chi connectivity index (χ1v) is 5.91. The van der Waals surface area contributed by atoms with Crippen molar-refractivity contribution in [2.24, 2.45) is 5.92 Å². The Labute approximate surface area is 87.6 Å². The van der Waals surface area contributed by atoms with E-state index < -0.39 is 0 Å². The third-order valence-electron chi connectivity index (χ3n) is 2.82. The van der Waals surface area contributed by atoms with Crippen LogP contribution in [-0.2, 0) is 4.79 Å². The lowest BCUT2D eigenvalue weighted by Crippen LogP contribution is -1.92. The van der Waals surface area contributed by atoms with E-state index in [1.165, 1.54) is 24.8 Å². The smallest absolute Gasteiger partial charge is 0.155 e. The first-order chi connectivity index (χ1) is 6.68. The number of hydrogen-bond acceptors (Lipinski definition) is 1. The van der Waals surface area contributed by atoms with E-state index in [2.05, 4.69) is 13.8 Å². The van der Waals surface area contributed by atoms with E-state index >= 15 is 0 Å². The number of carbonyl (C=O) groups excluding carboxylic acids is 1. The van der Waals surface area contributed by atoms with Crippen molar-refractivity contribution in [1.29, 1.82) is 0 Å². The monoisotopic (exact) mass is 194 g/mol. The Morgan fingerprint density at radius 2 is 2.00 bits per heavy atom. The highest BCUT2D eigenvalue weighted by molar-refractivity contribution is 5.90. The van der Waals surface area contributed by atoms with Crippen molar-refractivity contribution in [1.82, 2.24) is 0 Å². The van der Waals surface area contributed by atoms with E-state index in [9.17, 15) is 4.79 Å². The molecule has 0 N–H and O–H groups in total. The Morgan fingerprint density at radius 3 is 2.71 bits per heavy atom. The minimum atomic E-state index is 0.349. The molecule has 0 unspecified atom stereocenters. The van der Waals surface area contributed by atoms with Gasteiger partial charge in [-0.15, -0.1) is 0 Å². The number of carbonyl (C=O) groups is 1. The third kappa shape index (κ3) is 4.59. The highest BCUT2D eigenvalue weighted by atomic mass is 16.1. The van der Waals surface area contributed by atoms with Gasteiger partial charge in [-0.1, -0.05) is 25.8 Å². The molecule has 0 saturated carbocycles. The Bertz CT molecular complexity index is 213. The number of ketones is 1. The minimum absolute atomic E-state index is 0.349. The summed E-state index contributed by atoms with van der Waals surface area (Å²) in [5.74, 6) is 1.14. The second-order valence-electron chi connectivity index (χ2n) is 4.76. The zero-order valence-corrected chi connectivity index (χ0v) is 9.51. The van der Waals surface area contributed by atoms with Crippen molar-refractivity contribution in [2.75, 3.05) is 0 Å². The molecule has 80 valence electrons. The van der Waals surface area contributed by atoms with Crippen LogP contribution in [0.15, 0.2) is 11.6 Å². The summed E-state index contributed by atoms with van der Waals surface area (Å²) in [5.41, 5.74) is 1.40. The maximum absolute atomic E-state index is 11.3. The van der Waals surface area contributed by atoms with Crippen LogP contribution in [0, 0.1) is 5.92 Å². The van der Waals surface area contributed by atoms with Gasteiger partial charge in [0.05, 0.1) is 0 Å². The Morgan fingerprint density at radius 1 is 1.29 bits per heavy atom. The molecular weight excluding hydrogens is 172 g/mol. The molecule has 1 rings (SSSR count). The molecule has 0 amide bonds. The molecule has 0 saturated heterocycles. The molecule has 0 aromatic carbocycles. The van der Waals surface area contributed by atoms with Gasteiger partial charge in [-0.05, 0) is 44.1 Å². The summed E-state index contributed by atoms with van der Waals surface area (Å²) in [7, 11) is 0. The third-order valence-corrected chi connectivity index (χ3v) is 2.82. The largest absolute Gasteiger partial charge is 0.295 e. The molecule has 0 spiro atoms. The Kier molecular flexibility index (Phi) is 4.92. The van der Waals surface area contributed by atoms with Gasteiger partial charge >= 0.3 is 0 Å². The highest BCUT2D eigenvalue weighted by Crippen LogP contribution is 2.21. The fraction of sp³-hybridized carbons (Fsp3) is 0.769. The standard InChI is InChI=1S/C13H22O/c1-11(2)6-5-8-12-7-3-4-9-13(14)10-12/h10-11H,3-9H2,1-2H3. The zero-order valence-electron chi connectivity index (χ0n) is 9.51. The van der Waals surface area contributed by atoms with Crippen LogP contribution < -0.4 is 0 Å². The second kappa shape index (κ2) is 6.00. The van der Waals surface area contributed by atoms with Gasteiger partial charge in [0.15, 0.2) is 5.78 Å². The molecule has 0 aromatic heterocycles. The van der Waals surface area contributed by atoms with E-state index in [1.807, 2.05) is 6.08 Å². The lowest BCUT2D eigenvalue weighted by atomic mass is 10.00. The normalized spacial score (nSPS) is 18.2. The van der Waals surface area contributed by atoms with Crippen molar-refractivity contribution in [3.63, 3.8) is 0 Å². The van der Waals surface area contributed by atoms with Crippen molar-refractivity contribution in [3.05, 3.63) is 11.6 Å². The summed E-state index contributed by atoms with van der Waals surface area (Å²) in [4.78, 5) is 11.3. The van der Waals surface area contributed by atoms with Gasteiger partial charge in [-0.2, -0.15) is 0 Å². The number of allylic oxidation sites excluding steroid dienone is 2. The average molecular weight is 194 g/mol. The fourth-order valence-corrected chi connectivity index (χ4v) is 1.96. The molecular formula is C13H22O. The van der Waals surface area contributed by atoms with E-state index in [0.29, 0.717) is 5.78 Å². The summed E-state index contributed by atoms with van der Waals surface area (Å²) >= 11 is 0. The topological polar surface area (TPSA) is 17.1 Å². The van der Waals surface area contributed by atoms with E-state index in [1.54, 1.807) is 0 Å². The van der Waals surface area contributed by atoms with Gasteiger partial charge < -0.3 is 0 Å². The Balaban J connectivity index is 2.31. The van der Waals surface area contributed by atoms with Crippen molar-refractivity contribution < 1.29 is 4.79 Å². The second-order valence-corrected chi connectivity index (χ2v) is 4.76. The summed E-state index contributed by atoms with van der Waals surface area (Å²) in [5, 5.41) is 0. The summed E-state index contributed by atoms with van der Waals surface area (Å²) in [6.45, 7) is 4.51. The highest BCUT2D eigenvalue weighted by Gasteiger charge is 2.08. The Hall–Kier alpha value is -0.590. The maximum Gasteiger partial charge on any atom is 0.155 e. The van der Waals surface area contributed by atoms with Crippen LogP contribution in [-0.4, -0.2) is 5.78 Å². The van der Waals surface area contributed by atoms with Crippen molar-refractivity contribution in [3.8, 4) is 0 Å². The van der Waals surface area contributed by atoms with Gasteiger partial charge in [-0.3, -0.25) is 4.79 Å². The minimum Gasteiger partial charge on any atom is -0.295 e. The fourth-order valence-electron chi connectivity index (χ4n) is 1.96. The average Bonchev–Trinajstić information content (AvgIpc) is 2.29. The first kappa shape index (κ1) is 11.5. The van der Waals surface area contributed by atoms with Crippen LogP contribution in [0.2, 0.25) is 0 Å². The zero-order chi connectivity index (χ0) is 10.4. The molecule has 0 bridgehead atoms. The van der Waals surface area contributed by atoms with Gasteiger partial charge in [-0.25, -0.2) is 0 Å². The summed E-state index contributed by atoms with van der Waals surface area (Å²) in [6, 6.07) is 0. The van der Waals surface area contributed by atoms with Crippen LogP contribution in [0.4, 0.5) is 0 Å². The molecule has 1 nitrogen and oxygen atoms in total. The maximum atomic E-state index is 11.3. The van der Waals surface area contributed by atoms with Crippen molar-refractivity contribution in [2.45, 2.75) is 58.8 Å². The molecule has 0 heterocycles. The van der Waals surface area contributed by atoms with E-state index in [-0.39, 0.29) is 0 Å². The van der Waals surface area contributed by atoms with Gasteiger partial charge in [0.1, 0.15) is 0 Å². The molecule has 1 aliphatic carbocycles. The van der Waals surface area contributed by atoms with Crippen LogP contribution >= 0.6 is 0 Å². The molecule has 0 atom stereocenters. The van der Waals surface area contributed by atoms with E-state index in [0.717, 1.165) is 31.6 Å². The van der Waals surface area contributed by atoms with Gasteiger partial charge in [0.25, 0.3) is 0 Å². The van der Waals surface area contributed by atoms with Crippen LogP contribution in [0.3, 0.4) is 0 Å². The number of rotatable bonds is 4. The summed E-state index contributed by atoms with van der Waals surface area (Å²) < 4.78 is 0. The predicted octanol–water partition coefficient (Wildman–Crippen LogP) is 3.88. The molecule has 0 aromatic rings. The number of hydrogen-bond donors (Lipinski definition) is 0. The van der Waals surface area contributed by atoms with E-state index in [4.69, 9.17) is 0 Å². The van der Waals surface area contributed by atoms with Gasteiger partial charge in [0, 0.05) is 6.42 Å². The summed E-state index contributed by atoms with van der Waals surface area (Å²) in [6.07, 6.45) is 9.80. The molecule has 1 aliphatic rings.